The molecule has 0 aliphatic rings. The van der Waals surface area contributed by atoms with E-state index in [-0.39, 0.29) is 0 Å². The van der Waals surface area contributed by atoms with Crippen LogP contribution in [0.2, 0.25) is 0 Å². The first-order chi connectivity index (χ1) is 16.9. The van der Waals surface area contributed by atoms with E-state index in [2.05, 4.69) is 20.9 Å². The van der Waals surface area contributed by atoms with Gasteiger partial charge in [0.2, 0.25) is 0 Å². The molecule has 0 spiro atoms. The first-order valence-electron chi connectivity index (χ1n) is 11.7. The van der Waals surface area contributed by atoms with Gasteiger partial charge >= 0.3 is 12.2 Å². The van der Waals surface area contributed by atoms with E-state index in [1.807, 2.05) is 41.5 Å². The summed E-state index contributed by atoms with van der Waals surface area (Å²) in [6.07, 6.45) is -0.951. The van der Waals surface area contributed by atoms with Crippen molar-refractivity contribution in [3.63, 3.8) is 0 Å². The standard InChI is InChI=1S/C26H36N4O6/c1-25(2,3)35-23(31)27-15-17-33-21-11-7-19(8-12-21)29-30-20-9-13-22(14-10-20)34-18-16-28-24(32)36-26(4,5)6/h7-14H,15-18H2,1-6H3,(H,27,31)(H,28,32). The Morgan fingerprint density at radius 3 is 1.28 bits per heavy atom. The predicted molar refractivity (Wildman–Crippen MR) is 137 cm³/mol. The van der Waals surface area contributed by atoms with Gasteiger partial charge in [0.05, 0.1) is 24.5 Å². The molecule has 0 atom stereocenters. The molecule has 196 valence electrons. The second-order valence-corrected chi connectivity index (χ2v) is 9.74. The van der Waals surface area contributed by atoms with E-state index in [1.54, 1.807) is 48.5 Å². The summed E-state index contributed by atoms with van der Waals surface area (Å²) in [6.45, 7) is 12.1. The van der Waals surface area contributed by atoms with Crippen LogP contribution < -0.4 is 20.1 Å². The molecule has 0 fully saturated rings. The molecule has 0 radical (unpaired) electrons. The highest BCUT2D eigenvalue weighted by molar-refractivity contribution is 5.68. The summed E-state index contributed by atoms with van der Waals surface area (Å²) >= 11 is 0. The molecule has 2 rings (SSSR count). The lowest BCUT2D eigenvalue weighted by Crippen LogP contribution is -2.34. The van der Waals surface area contributed by atoms with Crippen molar-refractivity contribution in [3.05, 3.63) is 48.5 Å². The average Bonchev–Trinajstić information content (AvgIpc) is 2.77. The van der Waals surface area contributed by atoms with Gasteiger partial charge < -0.3 is 29.6 Å². The van der Waals surface area contributed by atoms with Crippen molar-refractivity contribution in [1.82, 2.24) is 10.6 Å². The molecule has 2 aromatic carbocycles. The molecule has 0 saturated carbocycles. The molecule has 2 N–H and O–H groups in total. The lowest BCUT2D eigenvalue weighted by Gasteiger charge is -2.19. The first kappa shape index (κ1) is 28.4. The maximum absolute atomic E-state index is 11.6. The maximum atomic E-state index is 11.6. The minimum Gasteiger partial charge on any atom is -0.492 e. The molecule has 0 aliphatic carbocycles. The van der Waals surface area contributed by atoms with Gasteiger partial charge in [0.1, 0.15) is 35.9 Å². The smallest absolute Gasteiger partial charge is 0.407 e. The molecule has 2 aromatic rings. The fourth-order valence-electron chi connectivity index (χ4n) is 2.61. The minimum atomic E-state index is -0.534. The fourth-order valence-corrected chi connectivity index (χ4v) is 2.61. The summed E-state index contributed by atoms with van der Waals surface area (Å²) in [5.41, 5.74) is 0.270. The summed E-state index contributed by atoms with van der Waals surface area (Å²) < 4.78 is 21.5. The molecular weight excluding hydrogens is 464 g/mol. The highest BCUT2D eigenvalue weighted by atomic mass is 16.6. The van der Waals surface area contributed by atoms with Gasteiger partial charge in [-0.3, -0.25) is 0 Å². The third kappa shape index (κ3) is 12.6. The van der Waals surface area contributed by atoms with Gasteiger partial charge in [-0.05, 0) is 90.1 Å². The Kier molecular flexibility index (Phi) is 10.5. The van der Waals surface area contributed by atoms with E-state index in [1.165, 1.54) is 0 Å². The molecule has 0 heterocycles. The van der Waals surface area contributed by atoms with Gasteiger partial charge in [-0.2, -0.15) is 10.2 Å². The van der Waals surface area contributed by atoms with E-state index in [0.717, 1.165) is 0 Å². The zero-order chi connectivity index (χ0) is 26.6. The summed E-state index contributed by atoms with van der Waals surface area (Å²) in [6, 6.07) is 14.3. The Morgan fingerprint density at radius 2 is 0.972 bits per heavy atom. The van der Waals surface area contributed by atoms with Crippen LogP contribution in [0.25, 0.3) is 0 Å². The van der Waals surface area contributed by atoms with Crippen LogP contribution in [0, 0.1) is 0 Å². The van der Waals surface area contributed by atoms with E-state index in [4.69, 9.17) is 18.9 Å². The van der Waals surface area contributed by atoms with Crippen molar-refractivity contribution in [3.8, 4) is 11.5 Å². The van der Waals surface area contributed by atoms with E-state index >= 15 is 0 Å². The fraction of sp³-hybridized carbons (Fsp3) is 0.462. The number of rotatable bonds is 10. The molecule has 0 bridgehead atoms. The monoisotopic (exact) mass is 500 g/mol. The maximum Gasteiger partial charge on any atom is 0.407 e. The van der Waals surface area contributed by atoms with Crippen LogP contribution in [0.15, 0.2) is 58.8 Å². The molecule has 2 amide bonds. The normalized spacial score (nSPS) is 11.6. The molecule has 10 heteroatoms. The largest absolute Gasteiger partial charge is 0.492 e. The SMILES string of the molecule is CC(C)(C)OC(=O)NCCOc1ccc(N=Nc2ccc(OCCNC(=O)OC(C)(C)C)cc2)cc1. The van der Waals surface area contributed by atoms with Crippen LogP contribution in [0.3, 0.4) is 0 Å². The van der Waals surface area contributed by atoms with E-state index in [0.29, 0.717) is 49.2 Å². The van der Waals surface area contributed by atoms with Gasteiger partial charge in [0, 0.05) is 0 Å². The molecule has 36 heavy (non-hydrogen) atoms. The van der Waals surface area contributed by atoms with Crippen LogP contribution in [-0.2, 0) is 9.47 Å². The van der Waals surface area contributed by atoms with Gasteiger partial charge in [0.15, 0.2) is 0 Å². The number of carbonyl (C=O) groups excluding carboxylic acids is 2. The first-order valence-corrected chi connectivity index (χ1v) is 11.7. The molecule has 0 aromatic heterocycles. The van der Waals surface area contributed by atoms with Gasteiger partial charge in [-0.15, -0.1) is 0 Å². The Morgan fingerprint density at radius 1 is 0.639 bits per heavy atom. The van der Waals surface area contributed by atoms with Crippen LogP contribution in [0.5, 0.6) is 11.5 Å². The zero-order valence-electron chi connectivity index (χ0n) is 21.8. The molecule has 0 aliphatic heterocycles. The molecule has 10 nitrogen and oxygen atoms in total. The summed E-state index contributed by atoms with van der Waals surface area (Å²) in [4.78, 5) is 23.2. The van der Waals surface area contributed by atoms with Crippen molar-refractivity contribution in [2.45, 2.75) is 52.7 Å². The van der Waals surface area contributed by atoms with Crippen LogP contribution >= 0.6 is 0 Å². The zero-order valence-corrected chi connectivity index (χ0v) is 21.8. The van der Waals surface area contributed by atoms with Crippen molar-refractivity contribution < 1.29 is 28.5 Å². The lowest BCUT2D eigenvalue weighted by atomic mass is 10.2. The number of azo groups is 1. The highest BCUT2D eigenvalue weighted by Gasteiger charge is 2.16. The van der Waals surface area contributed by atoms with Gasteiger partial charge in [-0.25, -0.2) is 9.59 Å². The van der Waals surface area contributed by atoms with E-state index < -0.39 is 23.4 Å². The quantitative estimate of drug-likeness (QED) is 0.309. The Hall–Kier alpha value is -3.82. The Bertz CT molecular complexity index is 912. The van der Waals surface area contributed by atoms with Crippen LogP contribution in [0.4, 0.5) is 21.0 Å². The van der Waals surface area contributed by atoms with Crippen molar-refractivity contribution in [1.29, 1.82) is 0 Å². The second kappa shape index (κ2) is 13.3. The third-order valence-corrected chi connectivity index (χ3v) is 4.03. The number of carbonyl (C=O) groups is 2. The number of benzene rings is 2. The second-order valence-electron chi connectivity index (χ2n) is 9.74. The third-order valence-electron chi connectivity index (χ3n) is 4.03. The number of nitrogens with one attached hydrogen (secondary N) is 2. The Labute approximate surface area is 212 Å². The highest BCUT2D eigenvalue weighted by Crippen LogP contribution is 2.23. The van der Waals surface area contributed by atoms with Crippen molar-refractivity contribution >= 4 is 23.6 Å². The molecule has 0 unspecified atom stereocenters. The van der Waals surface area contributed by atoms with E-state index in [9.17, 15) is 9.59 Å². The Balaban J connectivity index is 1.69. The number of nitrogens with zero attached hydrogens (tertiary/aromatic N) is 2. The summed E-state index contributed by atoms with van der Waals surface area (Å²) in [7, 11) is 0. The number of alkyl carbamates (subject to hydrolysis) is 2. The van der Waals surface area contributed by atoms with Crippen molar-refractivity contribution in [2.24, 2.45) is 10.2 Å². The number of hydrogen-bond acceptors (Lipinski definition) is 8. The predicted octanol–water partition coefficient (Wildman–Crippen LogP) is 5.91. The van der Waals surface area contributed by atoms with Crippen LogP contribution in [0.1, 0.15) is 41.5 Å². The molecular formula is C26H36N4O6. The number of amides is 2. The van der Waals surface area contributed by atoms with Gasteiger partial charge in [-0.1, -0.05) is 0 Å². The number of ether oxygens (including phenoxy) is 4. The summed E-state index contributed by atoms with van der Waals surface area (Å²) in [5.74, 6) is 1.31. The molecule has 0 saturated heterocycles. The van der Waals surface area contributed by atoms with Crippen LogP contribution in [-0.4, -0.2) is 49.7 Å². The topological polar surface area (TPSA) is 120 Å². The summed E-state index contributed by atoms with van der Waals surface area (Å²) in [5, 5.41) is 13.7. The average molecular weight is 501 g/mol. The minimum absolute atomic E-state index is 0.311. The lowest BCUT2D eigenvalue weighted by molar-refractivity contribution is 0.0509. The van der Waals surface area contributed by atoms with Crippen molar-refractivity contribution in [2.75, 3.05) is 26.3 Å². The number of hydrogen-bond donors (Lipinski definition) is 2. The van der Waals surface area contributed by atoms with Gasteiger partial charge in [0.25, 0.3) is 0 Å².